The Kier molecular flexibility index (Phi) is 4.17. The second-order valence-electron chi connectivity index (χ2n) is 7.47. The van der Waals surface area contributed by atoms with Gasteiger partial charge in [0.25, 0.3) is 0 Å². The van der Waals surface area contributed by atoms with E-state index < -0.39 is 24.1 Å². The third-order valence-corrected chi connectivity index (χ3v) is 5.53. The van der Waals surface area contributed by atoms with Gasteiger partial charge in [0.15, 0.2) is 6.10 Å². The van der Waals surface area contributed by atoms with Gasteiger partial charge in [-0.15, -0.1) is 0 Å². The van der Waals surface area contributed by atoms with E-state index in [9.17, 15) is 19.2 Å². The van der Waals surface area contributed by atoms with Crippen molar-refractivity contribution in [3.63, 3.8) is 0 Å². The lowest BCUT2D eigenvalue weighted by Gasteiger charge is -2.33. The first-order valence-corrected chi connectivity index (χ1v) is 9.35. The van der Waals surface area contributed by atoms with Gasteiger partial charge < -0.3 is 18.9 Å². The fourth-order valence-electron chi connectivity index (χ4n) is 4.33. The maximum absolute atomic E-state index is 13.2. The van der Waals surface area contributed by atoms with Gasteiger partial charge in [-0.3, -0.25) is 19.2 Å². The molecule has 1 aliphatic carbocycles. The third kappa shape index (κ3) is 2.66. The number of carbonyl (C=O) groups excluding carboxylic acids is 4. The molecule has 4 rings (SSSR count). The van der Waals surface area contributed by atoms with Crippen LogP contribution in [0.15, 0.2) is 11.3 Å². The number of Topliss-reactive ketones (excluding diaryl/α,β-unsaturated/α-hetero) is 2. The average molecular weight is 386 g/mol. The van der Waals surface area contributed by atoms with Gasteiger partial charge >= 0.3 is 11.9 Å². The van der Waals surface area contributed by atoms with Crippen LogP contribution in [0.2, 0.25) is 0 Å². The highest BCUT2D eigenvalue weighted by Crippen LogP contribution is 2.42. The Bertz CT molecular complexity index is 966. The molecule has 0 amide bonds. The summed E-state index contributed by atoms with van der Waals surface area (Å²) in [6.45, 7) is 7.93. The summed E-state index contributed by atoms with van der Waals surface area (Å²) in [5.41, 5.74) is 2.78. The molecule has 1 saturated heterocycles. The second-order valence-corrected chi connectivity index (χ2v) is 7.47. The van der Waals surface area contributed by atoms with E-state index in [1.165, 1.54) is 13.8 Å². The Morgan fingerprint density at radius 3 is 2.18 bits per heavy atom. The maximum Gasteiger partial charge on any atom is 0.303 e. The van der Waals surface area contributed by atoms with Gasteiger partial charge in [-0.2, -0.15) is 0 Å². The van der Waals surface area contributed by atoms with E-state index in [1.807, 2.05) is 4.90 Å². The van der Waals surface area contributed by atoms with Crippen molar-refractivity contribution < 1.29 is 28.7 Å². The standard InChI is InChI=1S/C20H22N2O6/c1-9-14-17(18(25)10(2)15(19(14)26)21-7-8-21)22-6-5-13(27-11(3)23)20(16(9)22)28-12(4)24/h13,20H,5-8H2,1-4H3/t13-,20-/m0/s1. The Morgan fingerprint density at radius 2 is 1.61 bits per heavy atom. The molecule has 2 atom stereocenters. The van der Waals surface area contributed by atoms with Crippen molar-refractivity contribution in [2.75, 3.05) is 13.1 Å². The van der Waals surface area contributed by atoms with Crippen LogP contribution < -0.4 is 0 Å². The van der Waals surface area contributed by atoms with Gasteiger partial charge in [0, 0.05) is 45.5 Å². The summed E-state index contributed by atoms with van der Waals surface area (Å²) in [5.74, 6) is -1.35. The summed E-state index contributed by atoms with van der Waals surface area (Å²) < 4.78 is 12.6. The lowest BCUT2D eigenvalue weighted by Crippen LogP contribution is -2.36. The number of allylic oxidation sites excluding steroid dienone is 2. The highest BCUT2D eigenvalue weighted by atomic mass is 16.6. The van der Waals surface area contributed by atoms with Gasteiger partial charge in [0.1, 0.15) is 11.8 Å². The van der Waals surface area contributed by atoms with Crippen LogP contribution in [-0.4, -0.2) is 52.2 Å². The van der Waals surface area contributed by atoms with Crippen molar-refractivity contribution in [3.05, 3.63) is 33.8 Å². The molecule has 0 saturated carbocycles. The van der Waals surface area contributed by atoms with Crippen LogP contribution in [-0.2, 0) is 25.6 Å². The molecular weight excluding hydrogens is 364 g/mol. The minimum Gasteiger partial charge on any atom is -0.458 e. The highest BCUT2D eigenvalue weighted by molar-refractivity contribution is 6.26. The normalized spacial score (nSPS) is 23.4. The predicted molar refractivity (Wildman–Crippen MR) is 96.8 cm³/mol. The third-order valence-electron chi connectivity index (χ3n) is 5.53. The lowest BCUT2D eigenvalue weighted by atomic mass is 9.90. The SMILES string of the molecule is CC(=O)O[C@H]1CCn2c3c(c(C)c2[C@H]1OC(C)=O)C(=O)C(N1CC1)=C(C)C3=O. The monoisotopic (exact) mass is 386 g/mol. The number of nitrogens with zero attached hydrogens (tertiary/aromatic N) is 2. The molecule has 148 valence electrons. The molecule has 0 spiro atoms. The molecule has 1 aromatic heterocycles. The molecule has 0 unspecified atom stereocenters. The first kappa shape index (κ1) is 18.5. The smallest absolute Gasteiger partial charge is 0.303 e. The van der Waals surface area contributed by atoms with Gasteiger partial charge in [-0.25, -0.2) is 0 Å². The van der Waals surface area contributed by atoms with Crippen LogP contribution in [0.4, 0.5) is 0 Å². The molecule has 1 aromatic rings. The van der Waals surface area contributed by atoms with Crippen molar-refractivity contribution in [2.24, 2.45) is 0 Å². The fraction of sp³-hybridized carbons (Fsp3) is 0.500. The van der Waals surface area contributed by atoms with Crippen molar-refractivity contribution in [1.29, 1.82) is 0 Å². The number of hydrogen-bond donors (Lipinski definition) is 0. The van der Waals surface area contributed by atoms with E-state index in [1.54, 1.807) is 18.4 Å². The van der Waals surface area contributed by atoms with Crippen LogP contribution in [0, 0.1) is 6.92 Å². The summed E-state index contributed by atoms with van der Waals surface area (Å²) >= 11 is 0. The van der Waals surface area contributed by atoms with Crippen LogP contribution >= 0.6 is 0 Å². The van der Waals surface area contributed by atoms with E-state index in [4.69, 9.17) is 9.47 Å². The predicted octanol–water partition coefficient (Wildman–Crippen LogP) is 1.70. The van der Waals surface area contributed by atoms with Crippen LogP contribution in [0.1, 0.15) is 65.4 Å². The van der Waals surface area contributed by atoms with Gasteiger partial charge in [-0.05, 0) is 19.4 Å². The molecule has 0 bridgehead atoms. The second kappa shape index (κ2) is 6.32. The first-order chi connectivity index (χ1) is 13.2. The summed E-state index contributed by atoms with van der Waals surface area (Å²) in [4.78, 5) is 51.5. The summed E-state index contributed by atoms with van der Waals surface area (Å²) in [6.07, 6.45) is -1.13. The van der Waals surface area contributed by atoms with Crippen molar-refractivity contribution in [3.8, 4) is 0 Å². The Hall–Kier alpha value is -2.90. The lowest BCUT2D eigenvalue weighted by molar-refractivity contribution is -0.169. The molecule has 0 radical (unpaired) electrons. The van der Waals surface area contributed by atoms with E-state index in [2.05, 4.69) is 0 Å². The molecule has 8 nitrogen and oxygen atoms in total. The zero-order valence-corrected chi connectivity index (χ0v) is 16.3. The Balaban J connectivity index is 1.87. The van der Waals surface area contributed by atoms with E-state index in [-0.39, 0.29) is 11.6 Å². The number of ketones is 2. The number of rotatable bonds is 3. The van der Waals surface area contributed by atoms with E-state index in [0.29, 0.717) is 46.8 Å². The van der Waals surface area contributed by atoms with Crippen molar-refractivity contribution in [1.82, 2.24) is 9.47 Å². The quantitative estimate of drug-likeness (QED) is 0.576. The average Bonchev–Trinajstić information content (AvgIpc) is 3.38. The van der Waals surface area contributed by atoms with Gasteiger partial charge in [-0.1, -0.05) is 0 Å². The zero-order chi connectivity index (χ0) is 20.3. The number of fused-ring (bicyclic) bond motifs is 3. The molecule has 0 aromatic carbocycles. The zero-order valence-electron chi connectivity index (χ0n) is 16.3. The molecule has 0 N–H and O–H groups in total. The number of esters is 2. The summed E-state index contributed by atoms with van der Waals surface area (Å²) in [5, 5.41) is 0. The maximum atomic E-state index is 13.2. The number of carbonyl (C=O) groups is 4. The topological polar surface area (TPSA) is 94.7 Å². The Morgan fingerprint density at radius 1 is 0.964 bits per heavy atom. The summed E-state index contributed by atoms with van der Waals surface area (Å²) in [6, 6.07) is 0. The molecule has 3 heterocycles. The van der Waals surface area contributed by atoms with Gasteiger partial charge in [0.05, 0.1) is 17.0 Å². The van der Waals surface area contributed by atoms with Crippen molar-refractivity contribution in [2.45, 2.75) is 52.9 Å². The Labute approximate surface area is 162 Å². The number of hydrogen-bond acceptors (Lipinski definition) is 7. The minimum atomic E-state index is -0.855. The number of aromatic nitrogens is 1. The van der Waals surface area contributed by atoms with Gasteiger partial charge in [0.2, 0.25) is 11.6 Å². The molecule has 3 aliphatic rings. The molecular formula is C20H22N2O6. The van der Waals surface area contributed by atoms with Crippen molar-refractivity contribution >= 4 is 23.5 Å². The molecule has 2 aliphatic heterocycles. The van der Waals surface area contributed by atoms with E-state index >= 15 is 0 Å². The molecule has 28 heavy (non-hydrogen) atoms. The largest absolute Gasteiger partial charge is 0.458 e. The fourth-order valence-corrected chi connectivity index (χ4v) is 4.33. The molecule has 1 fully saturated rings. The van der Waals surface area contributed by atoms with E-state index in [0.717, 1.165) is 13.1 Å². The minimum absolute atomic E-state index is 0.172. The van der Waals surface area contributed by atoms with Crippen LogP contribution in [0.5, 0.6) is 0 Å². The summed E-state index contributed by atoms with van der Waals surface area (Å²) in [7, 11) is 0. The first-order valence-electron chi connectivity index (χ1n) is 9.35. The molecule has 8 heteroatoms. The van der Waals surface area contributed by atoms with Crippen LogP contribution in [0.25, 0.3) is 0 Å². The number of ether oxygens (including phenoxy) is 2. The van der Waals surface area contributed by atoms with Crippen LogP contribution in [0.3, 0.4) is 0 Å². The highest BCUT2D eigenvalue weighted by Gasteiger charge is 2.45.